The summed E-state index contributed by atoms with van der Waals surface area (Å²) in [5.74, 6) is 0. The fourth-order valence-electron chi connectivity index (χ4n) is 2.69. The minimum absolute atomic E-state index is 0.205. The van der Waals surface area contributed by atoms with E-state index in [1.165, 1.54) is 5.56 Å². The van der Waals surface area contributed by atoms with E-state index in [1.807, 2.05) is 51.1 Å². The van der Waals surface area contributed by atoms with E-state index in [1.54, 1.807) is 24.4 Å². The molecule has 0 aliphatic carbocycles. The third-order valence-electron chi connectivity index (χ3n) is 4.25. The van der Waals surface area contributed by atoms with E-state index in [0.717, 1.165) is 16.5 Å². The van der Waals surface area contributed by atoms with Gasteiger partial charge in [-0.1, -0.05) is 36.4 Å². The number of para-hydroxylation sites is 1. The molecule has 0 radical (unpaired) electrons. The number of aromatic nitrogens is 1. The predicted molar refractivity (Wildman–Crippen MR) is 96.4 cm³/mol. The van der Waals surface area contributed by atoms with Crippen LogP contribution >= 0.6 is 0 Å². The maximum absolute atomic E-state index is 12.8. The zero-order valence-corrected chi connectivity index (χ0v) is 14.8. The number of pyridine rings is 1. The number of nitrogens with zero attached hydrogens (tertiary/aromatic N) is 1. The Kier molecular flexibility index (Phi) is 4.39. The maximum Gasteiger partial charge on any atom is 0.243 e. The number of benzene rings is 2. The molecule has 0 aliphatic rings. The van der Waals surface area contributed by atoms with Crippen molar-refractivity contribution in [1.82, 2.24) is 9.71 Å². The molecular weight excluding hydrogens is 320 g/mol. The Hall–Kier alpha value is -2.24. The first-order valence-electron chi connectivity index (χ1n) is 7.82. The number of sulfonamides is 1. The Labute approximate surface area is 142 Å². The third kappa shape index (κ3) is 3.18. The first-order valence-corrected chi connectivity index (χ1v) is 9.30. The molecule has 0 spiro atoms. The molecule has 1 unspecified atom stereocenters. The van der Waals surface area contributed by atoms with Gasteiger partial charge in [-0.15, -0.1) is 0 Å². The molecule has 1 aromatic heterocycles. The highest BCUT2D eigenvalue weighted by Gasteiger charge is 2.21. The lowest BCUT2D eigenvalue weighted by atomic mass is 10.0. The van der Waals surface area contributed by atoms with Gasteiger partial charge >= 0.3 is 0 Å². The van der Waals surface area contributed by atoms with Crippen LogP contribution in [0.15, 0.2) is 59.6 Å². The van der Waals surface area contributed by atoms with Gasteiger partial charge in [0.1, 0.15) is 4.90 Å². The Morgan fingerprint density at radius 3 is 2.50 bits per heavy atom. The Morgan fingerprint density at radius 1 is 1.00 bits per heavy atom. The summed E-state index contributed by atoms with van der Waals surface area (Å²) in [6.45, 7) is 5.91. The number of rotatable bonds is 4. The molecule has 1 atom stereocenters. The van der Waals surface area contributed by atoms with Crippen molar-refractivity contribution in [1.29, 1.82) is 0 Å². The minimum Gasteiger partial charge on any atom is -0.255 e. The monoisotopic (exact) mass is 340 g/mol. The van der Waals surface area contributed by atoms with Gasteiger partial charge in [-0.2, -0.15) is 0 Å². The van der Waals surface area contributed by atoms with Gasteiger partial charge in [-0.25, -0.2) is 13.1 Å². The molecule has 1 heterocycles. The van der Waals surface area contributed by atoms with Crippen molar-refractivity contribution in [2.75, 3.05) is 0 Å². The van der Waals surface area contributed by atoms with E-state index in [9.17, 15) is 8.42 Å². The van der Waals surface area contributed by atoms with Gasteiger partial charge in [0.15, 0.2) is 0 Å². The van der Waals surface area contributed by atoms with Crippen LogP contribution in [0.3, 0.4) is 0 Å². The van der Waals surface area contributed by atoms with Crippen LogP contribution in [-0.4, -0.2) is 13.4 Å². The molecule has 124 valence electrons. The molecule has 0 saturated heterocycles. The largest absolute Gasteiger partial charge is 0.255 e. The molecule has 0 saturated carbocycles. The van der Waals surface area contributed by atoms with Crippen LogP contribution in [-0.2, 0) is 10.0 Å². The van der Waals surface area contributed by atoms with E-state index >= 15 is 0 Å². The second kappa shape index (κ2) is 6.34. The summed E-state index contributed by atoms with van der Waals surface area (Å²) in [5.41, 5.74) is 3.76. The predicted octanol–water partition coefficient (Wildman–Crippen LogP) is 3.89. The second-order valence-electron chi connectivity index (χ2n) is 6.02. The van der Waals surface area contributed by atoms with Gasteiger partial charge in [0, 0.05) is 17.6 Å². The lowest BCUT2D eigenvalue weighted by Crippen LogP contribution is -2.27. The highest BCUT2D eigenvalue weighted by Crippen LogP contribution is 2.23. The fourth-order valence-corrected chi connectivity index (χ4v) is 4.10. The number of nitrogens with one attached hydrogen (secondary N) is 1. The zero-order chi connectivity index (χ0) is 17.3. The standard InChI is InChI=1S/C19H20N2O2S/c1-13-9-10-17(12-14(13)2)15(3)21-24(22,23)18-8-4-6-16-7-5-11-20-19(16)18/h4-12,15,21H,1-3H3. The summed E-state index contributed by atoms with van der Waals surface area (Å²) >= 11 is 0. The van der Waals surface area contributed by atoms with Crippen molar-refractivity contribution in [3.05, 3.63) is 71.4 Å². The molecule has 3 rings (SSSR count). The van der Waals surface area contributed by atoms with Crippen LogP contribution in [0.4, 0.5) is 0 Å². The van der Waals surface area contributed by atoms with Crippen molar-refractivity contribution in [3.8, 4) is 0 Å². The molecule has 2 aromatic carbocycles. The van der Waals surface area contributed by atoms with Crippen molar-refractivity contribution in [2.45, 2.75) is 31.7 Å². The van der Waals surface area contributed by atoms with Gasteiger partial charge in [-0.3, -0.25) is 4.98 Å². The van der Waals surface area contributed by atoms with Gasteiger partial charge in [0.05, 0.1) is 5.52 Å². The van der Waals surface area contributed by atoms with E-state index in [0.29, 0.717) is 5.52 Å². The van der Waals surface area contributed by atoms with Crippen LogP contribution in [0.2, 0.25) is 0 Å². The van der Waals surface area contributed by atoms with Gasteiger partial charge in [0.2, 0.25) is 10.0 Å². The van der Waals surface area contributed by atoms with Crippen molar-refractivity contribution in [2.24, 2.45) is 0 Å². The van der Waals surface area contributed by atoms with E-state index in [-0.39, 0.29) is 10.9 Å². The van der Waals surface area contributed by atoms with Crippen molar-refractivity contribution < 1.29 is 8.42 Å². The van der Waals surface area contributed by atoms with Gasteiger partial charge in [-0.05, 0) is 49.6 Å². The molecule has 4 nitrogen and oxygen atoms in total. The van der Waals surface area contributed by atoms with Crippen LogP contribution in [0.5, 0.6) is 0 Å². The lowest BCUT2D eigenvalue weighted by molar-refractivity contribution is 0.567. The normalized spacial score (nSPS) is 13.1. The lowest BCUT2D eigenvalue weighted by Gasteiger charge is -2.16. The SMILES string of the molecule is Cc1ccc(C(C)NS(=O)(=O)c2cccc3cccnc23)cc1C. The molecule has 5 heteroatoms. The topological polar surface area (TPSA) is 59.1 Å². The van der Waals surface area contributed by atoms with Gasteiger partial charge < -0.3 is 0 Å². The molecule has 1 N–H and O–H groups in total. The Bertz CT molecular complexity index is 992. The molecule has 0 fully saturated rings. The summed E-state index contributed by atoms with van der Waals surface area (Å²) in [4.78, 5) is 4.44. The maximum atomic E-state index is 12.8. The number of hydrogen-bond donors (Lipinski definition) is 1. The van der Waals surface area contributed by atoms with E-state index < -0.39 is 10.0 Å². The van der Waals surface area contributed by atoms with Gasteiger partial charge in [0.25, 0.3) is 0 Å². The van der Waals surface area contributed by atoms with Crippen LogP contribution in [0, 0.1) is 13.8 Å². The average molecular weight is 340 g/mol. The van der Waals surface area contributed by atoms with Crippen molar-refractivity contribution >= 4 is 20.9 Å². The average Bonchev–Trinajstić information content (AvgIpc) is 2.56. The summed E-state index contributed by atoms with van der Waals surface area (Å²) in [6, 6.07) is 14.5. The van der Waals surface area contributed by atoms with E-state index in [2.05, 4.69) is 9.71 Å². The number of fused-ring (bicyclic) bond motifs is 1. The Balaban J connectivity index is 1.97. The minimum atomic E-state index is -3.67. The first kappa shape index (κ1) is 16.6. The first-order chi connectivity index (χ1) is 11.4. The fraction of sp³-hybridized carbons (Fsp3) is 0.211. The summed E-state index contributed by atoms with van der Waals surface area (Å²) in [5, 5.41) is 0.805. The second-order valence-corrected chi connectivity index (χ2v) is 7.70. The smallest absolute Gasteiger partial charge is 0.243 e. The highest BCUT2D eigenvalue weighted by atomic mass is 32.2. The molecule has 24 heavy (non-hydrogen) atoms. The molecule has 0 amide bonds. The quantitative estimate of drug-likeness (QED) is 0.784. The number of aryl methyl sites for hydroxylation is 2. The van der Waals surface area contributed by atoms with Crippen LogP contribution < -0.4 is 4.72 Å². The summed E-state index contributed by atoms with van der Waals surface area (Å²) in [7, 11) is -3.67. The molecule has 0 bridgehead atoms. The Morgan fingerprint density at radius 2 is 1.75 bits per heavy atom. The summed E-state index contributed by atoms with van der Waals surface area (Å²) in [6.07, 6.45) is 1.61. The highest BCUT2D eigenvalue weighted by molar-refractivity contribution is 7.89. The van der Waals surface area contributed by atoms with E-state index in [4.69, 9.17) is 0 Å². The van der Waals surface area contributed by atoms with Crippen LogP contribution in [0.25, 0.3) is 10.9 Å². The molecular formula is C19H20N2O2S. The van der Waals surface area contributed by atoms with Crippen LogP contribution in [0.1, 0.15) is 29.7 Å². The molecule has 3 aromatic rings. The third-order valence-corrected chi connectivity index (χ3v) is 5.82. The molecule has 0 aliphatic heterocycles. The zero-order valence-electron chi connectivity index (χ0n) is 13.9. The van der Waals surface area contributed by atoms with Crippen molar-refractivity contribution in [3.63, 3.8) is 0 Å². The summed E-state index contributed by atoms with van der Waals surface area (Å²) < 4.78 is 28.4. The number of hydrogen-bond acceptors (Lipinski definition) is 3.